The van der Waals surface area contributed by atoms with Gasteiger partial charge in [-0.3, -0.25) is 13.6 Å². The molecule has 0 saturated carbocycles. The van der Waals surface area contributed by atoms with E-state index in [2.05, 4.69) is 24.8 Å². The Balaban J connectivity index is -0.0000000314. The Morgan fingerprint density at radius 3 is 1.26 bits per heavy atom. The summed E-state index contributed by atoms with van der Waals surface area (Å²) in [6.45, 7) is 1.93. The zero-order valence-corrected chi connectivity index (χ0v) is 41.0. The smallest absolute Gasteiger partial charge is 1.00 e. The molecule has 0 heterocycles. The number of phosphoric acid groups is 2. The summed E-state index contributed by atoms with van der Waals surface area (Å²) in [6, 6.07) is 0. The van der Waals surface area contributed by atoms with Crippen LogP contribution in [0.15, 0.2) is 0 Å². The van der Waals surface area contributed by atoms with E-state index in [-0.39, 0.29) is 223 Å². The van der Waals surface area contributed by atoms with Gasteiger partial charge in [0.1, 0.15) is 0 Å². The first kappa shape index (κ1) is 67.0. The molecule has 0 saturated heterocycles. The van der Waals surface area contributed by atoms with Gasteiger partial charge in [-0.25, -0.2) is 18.7 Å². The molecular weight excluding hydrogens is 663 g/mol. The molecule has 0 aromatic carbocycles. The van der Waals surface area contributed by atoms with Gasteiger partial charge in [-0.15, -0.1) is 0 Å². The maximum absolute atomic E-state index is 11.7. The van der Waals surface area contributed by atoms with Crippen molar-refractivity contribution in [2.45, 2.75) is 71.1 Å². The SMILES string of the molecule is CCCCCCCCCCCCOP(=O)(O)OP(=O)(OC(=O)O)OC(=O)O.O=S(=O)(O)O.[H-].[H-].[H-].[H-].[H-].[H-].[H-].[Na+].[Na+].[Na+].[Na+].[Na+].[Na+].[Na+]. The fraction of sp³-hybridized carbons (Fsp3) is 0.857. The fourth-order valence-electron chi connectivity index (χ4n) is 2.16. The first-order valence-electron chi connectivity index (χ1n) is 9.44. The minimum atomic E-state index is -5.37. The molecule has 1 unspecified atom stereocenters. The van der Waals surface area contributed by atoms with Crippen molar-refractivity contribution < 1.29 is 286 Å². The summed E-state index contributed by atoms with van der Waals surface area (Å²) in [4.78, 5) is 30.2. The van der Waals surface area contributed by atoms with Gasteiger partial charge in [-0.05, 0) is 6.42 Å². The average molecular weight is 700 g/mol. The van der Waals surface area contributed by atoms with Crippen LogP contribution in [-0.2, 0) is 37.4 Å². The molecule has 5 N–H and O–H groups in total. The first-order chi connectivity index (χ1) is 14.6. The Labute approximate surface area is 395 Å². The third-order valence-electron chi connectivity index (χ3n) is 3.34. The number of rotatable bonds is 16. The average Bonchev–Trinajstić information content (AvgIpc) is 2.55. The molecule has 0 aliphatic rings. The number of carboxylic acid groups (broad SMARTS) is 2. The summed E-state index contributed by atoms with van der Waals surface area (Å²) in [5.74, 6) is 0. The van der Waals surface area contributed by atoms with Crippen LogP contribution in [0.25, 0.3) is 0 Å². The molecule has 206 valence electrons. The van der Waals surface area contributed by atoms with Crippen molar-refractivity contribution in [2.24, 2.45) is 0 Å². The Kier molecular flexibility index (Phi) is 68.6. The molecule has 0 aliphatic heterocycles. The summed E-state index contributed by atoms with van der Waals surface area (Å²) in [7, 11) is -15.1. The Morgan fingerprint density at radius 2 is 0.974 bits per heavy atom. The van der Waals surface area contributed by atoms with Gasteiger partial charge in [0.05, 0.1) is 6.61 Å². The van der Waals surface area contributed by atoms with Crippen molar-refractivity contribution in [3.8, 4) is 0 Å². The maximum Gasteiger partial charge on any atom is 1.00 e. The molecule has 25 heteroatoms. The molecule has 0 aliphatic carbocycles. The van der Waals surface area contributed by atoms with Crippen molar-refractivity contribution in [1.29, 1.82) is 0 Å². The molecule has 0 aromatic rings. The van der Waals surface area contributed by atoms with Crippen molar-refractivity contribution in [1.82, 2.24) is 0 Å². The van der Waals surface area contributed by atoms with E-state index in [9.17, 15) is 23.6 Å². The minimum absolute atomic E-state index is 0. The quantitative estimate of drug-likeness (QED) is 0.0435. The molecule has 0 spiro atoms. The van der Waals surface area contributed by atoms with Gasteiger partial charge in [-0.2, -0.15) is 12.7 Å². The van der Waals surface area contributed by atoms with Gasteiger partial charge >= 0.3 is 245 Å². The molecule has 0 amide bonds. The van der Waals surface area contributed by atoms with Gasteiger partial charge < -0.3 is 34.1 Å². The van der Waals surface area contributed by atoms with Gasteiger partial charge in [0.25, 0.3) is 0 Å². The van der Waals surface area contributed by atoms with Gasteiger partial charge in [-0.1, -0.05) is 64.7 Å². The van der Waals surface area contributed by atoms with Gasteiger partial charge in [0.2, 0.25) is 0 Å². The number of carbonyl (C=O) groups is 2. The molecule has 0 bridgehead atoms. The molecule has 0 radical (unpaired) electrons. The zero-order chi connectivity index (χ0) is 25.3. The Morgan fingerprint density at radius 1 is 0.692 bits per heavy atom. The third-order valence-corrected chi connectivity index (χ3v) is 6.23. The molecule has 39 heavy (non-hydrogen) atoms. The minimum Gasteiger partial charge on any atom is -1.00 e. The summed E-state index contributed by atoms with van der Waals surface area (Å²) in [5.41, 5.74) is 0. The van der Waals surface area contributed by atoms with E-state index < -0.39 is 38.4 Å². The van der Waals surface area contributed by atoms with Crippen LogP contribution in [0.2, 0.25) is 0 Å². The molecular formula is C14H37Na7O15P2S. The van der Waals surface area contributed by atoms with Gasteiger partial charge in [0, 0.05) is 0 Å². The maximum atomic E-state index is 11.7. The van der Waals surface area contributed by atoms with E-state index in [4.69, 9.17) is 27.7 Å². The second kappa shape index (κ2) is 39.9. The van der Waals surface area contributed by atoms with E-state index >= 15 is 0 Å². The standard InChI is InChI=1S/C14H28O11P2.7Na.H2O4S.7H/c1-2-3-4-5-6-7-8-9-10-11-12-22-26(19,20)25-27(21,23-13(15)16)24-14(17)18;;;;;;;;1-5(2,3)4;;;;;;;/h2-12H2,1H3,(H,15,16)(H,17,18)(H,19,20);;;;;;;;(H2,1,2,3,4);;;;;;;/q;7*+1;;7*-1. The van der Waals surface area contributed by atoms with E-state index in [1.807, 2.05) is 0 Å². The van der Waals surface area contributed by atoms with E-state index in [1.165, 1.54) is 32.1 Å². The fourth-order valence-corrected chi connectivity index (χ4v) is 4.41. The molecule has 0 fully saturated rings. The first-order valence-corrected chi connectivity index (χ1v) is 13.8. The van der Waals surface area contributed by atoms with Crippen LogP contribution in [0.3, 0.4) is 0 Å². The van der Waals surface area contributed by atoms with E-state index in [0.29, 0.717) is 6.42 Å². The van der Waals surface area contributed by atoms with Crippen molar-refractivity contribution in [2.75, 3.05) is 6.61 Å². The van der Waals surface area contributed by atoms with Crippen LogP contribution in [0.5, 0.6) is 0 Å². The number of unbranched alkanes of at least 4 members (excludes halogenated alkanes) is 9. The van der Waals surface area contributed by atoms with Crippen LogP contribution in [0, 0.1) is 0 Å². The van der Waals surface area contributed by atoms with Crippen LogP contribution < -0.4 is 207 Å². The van der Waals surface area contributed by atoms with Gasteiger partial charge in [0.15, 0.2) is 0 Å². The predicted octanol–water partition coefficient (Wildman–Crippen LogP) is -15.3. The Bertz CT molecular complexity index is 765. The molecule has 0 aromatic heterocycles. The van der Waals surface area contributed by atoms with Crippen LogP contribution in [0.4, 0.5) is 9.59 Å². The summed E-state index contributed by atoms with van der Waals surface area (Å²) >= 11 is 0. The summed E-state index contributed by atoms with van der Waals surface area (Å²) < 4.78 is 70.7. The zero-order valence-electron chi connectivity index (χ0n) is 31.4. The molecule has 1 atom stereocenters. The largest absolute Gasteiger partial charge is 1.00 e. The number of phosphoric ester groups is 2. The van der Waals surface area contributed by atoms with Crippen LogP contribution in [-0.4, -0.2) is 51.5 Å². The third kappa shape index (κ3) is 59.7. The van der Waals surface area contributed by atoms with E-state index in [1.54, 1.807) is 0 Å². The summed E-state index contributed by atoms with van der Waals surface area (Å²) in [5, 5.41) is 16.8. The number of hydrogen-bond acceptors (Lipinski definition) is 10. The molecule has 0 rings (SSSR count). The normalized spacial score (nSPS) is 11.0. The second-order valence-corrected chi connectivity index (χ2v) is 10.2. The molecule has 15 nitrogen and oxygen atoms in total. The predicted molar refractivity (Wildman–Crippen MR) is 116 cm³/mol. The second-order valence-electron chi connectivity index (χ2n) is 6.17. The van der Waals surface area contributed by atoms with E-state index in [0.717, 1.165) is 25.7 Å². The topological polar surface area (TPSA) is 240 Å². The number of hydrogen-bond donors (Lipinski definition) is 5. The van der Waals surface area contributed by atoms with Crippen molar-refractivity contribution in [3.05, 3.63) is 0 Å². The van der Waals surface area contributed by atoms with Crippen molar-refractivity contribution >= 4 is 38.4 Å². The summed E-state index contributed by atoms with van der Waals surface area (Å²) in [6.07, 6.45) is 5.88. The van der Waals surface area contributed by atoms with Crippen molar-refractivity contribution in [3.63, 3.8) is 0 Å². The monoisotopic (exact) mass is 700 g/mol. The van der Waals surface area contributed by atoms with Crippen LogP contribution >= 0.6 is 15.6 Å². The Hall–Kier alpha value is 5.75. The van der Waals surface area contributed by atoms with Crippen LogP contribution in [0.1, 0.15) is 81.1 Å².